The third kappa shape index (κ3) is 4.33. The first-order chi connectivity index (χ1) is 16.0. The first-order valence-corrected chi connectivity index (χ1v) is 10.7. The summed E-state index contributed by atoms with van der Waals surface area (Å²) < 4.78 is 43.2. The molecule has 3 aromatic carbocycles. The first kappa shape index (κ1) is 23.6. The van der Waals surface area contributed by atoms with Gasteiger partial charge in [0, 0.05) is 33.9 Å². The van der Waals surface area contributed by atoms with Crippen LogP contribution in [0.5, 0.6) is 0 Å². The second-order valence-electron chi connectivity index (χ2n) is 8.20. The quantitative estimate of drug-likeness (QED) is 0.419. The molecule has 5 nitrogen and oxygen atoms in total. The molecule has 1 aliphatic rings. The van der Waals surface area contributed by atoms with Gasteiger partial charge in [0.2, 0.25) is 0 Å². The van der Waals surface area contributed by atoms with Gasteiger partial charge < -0.3 is 15.9 Å². The lowest BCUT2D eigenvalue weighted by Crippen LogP contribution is -2.42. The lowest BCUT2D eigenvalue weighted by Gasteiger charge is -2.30. The van der Waals surface area contributed by atoms with Crippen LogP contribution in [0.15, 0.2) is 65.8 Å². The Labute approximate surface area is 199 Å². The van der Waals surface area contributed by atoms with Crippen LogP contribution in [0.3, 0.4) is 0 Å². The molecule has 0 saturated heterocycles. The van der Waals surface area contributed by atoms with Crippen LogP contribution in [0.25, 0.3) is 0 Å². The Morgan fingerprint density at radius 1 is 1.09 bits per heavy atom. The summed E-state index contributed by atoms with van der Waals surface area (Å²) in [5.74, 6) is -0.415. The SMILES string of the molecule is Cc1cc(C2(C(F)(F)F)CC(c3ccc(Cl)cc3)=NO2)cc(C)c1NC(=O)c1cccc(N)c1. The van der Waals surface area contributed by atoms with E-state index in [0.717, 1.165) is 0 Å². The van der Waals surface area contributed by atoms with Crippen molar-refractivity contribution in [2.45, 2.75) is 32.0 Å². The third-order valence-electron chi connectivity index (χ3n) is 5.75. The van der Waals surface area contributed by atoms with E-state index < -0.39 is 24.1 Å². The molecule has 4 rings (SSSR count). The van der Waals surface area contributed by atoms with Crippen molar-refractivity contribution in [1.29, 1.82) is 0 Å². The van der Waals surface area contributed by atoms with Gasteiger partial charge in [-0.05, 0) is 73.0 Å². The molecule has 1 unspecified atom stereocenters. The van der Waals surface area contributed by atoms with Crippen molar-refractivity contribution in [3.05, 3.63) is 93.5 Å². The Hall–Kier alpha value is -3.52. The average Bonchev–Trinajstić information content (AvgIpc) is 3.23. The molecule has 1 aliphatic heterocycles. The highest BCUT2D eigenvalue weighted by Crippen LogP contribution is 2.49. The fourth-order valence-electron chi connectivity index (χ4n) is 3.96. The molecule has 3 aromatic rings. The van der Waals surface area contributed by atoms with Gasteiger partial charge in [-0.15, -0.1) is 0 Å². The molecule has 0 spiro atoms. The van der Waals surface area contributed by atoms with E-state index in [2.05, 4.69) is 10.5 Å². The van der Waals surface area contributed by atoms with Gasteiger partial charge in [0.15, 0.2) is 0 Å². The molecular weight excluding hydrogens is 467 g/mol. The molecule has 1 atom stereocenters. The van der Waals surface area contributed by atoms with Gasteiger partial charge in [0.1, 0.15) is 0 Å². The van der Waals surface area contributed by atoms with E-state index in [4.69, 9.17) is 22.2 Å². The van der Waals surface area contributed by atoms with Gasteiger partial charge in [-0.2, -0.15) is 13.2 Å². The number of rotatable bonds is 4. The molecule has 0 saturated carbocycles. The van der Waals surface area contributed by atoms with Crippen molar-refractivity contribution in [1.82, 2.24) is 0 Å². The van der Waals surface area contributed by atoms with Gasteiger partial charge in [-0.1, -0.05) is 35.0 Å². The number of oxime groups is 1. The lowest BCUT2D eigenvalue weighted by molar-refractivity contribution is -0.275. The van der Waals surface area contributed by atoms with Crippen LogP contribution >= 0.6 is 11.6 Å². The summed E-state index contributed by atoms with van der Waals surface area (Å²) in [5.41, 5.74) is 5.77. The number of alkyl halides is 3. The number of benzene rings is 3. The largest absolute Gasteiger partial charge is 0.435 e. The van der Waals surface area contributed by atoms with Gasteiger partial charge in [-0.3, -0.25) is 4.79 Å². The van der Waals surface area contributed by atoms with Crippen LogP contribution in [0.1, 0.15) is 39.0 Å². The normalized spacial score (nSPS) is 17.8. The molecule has 0 bridgehead atoms. The van der Waals surface area contributed by atoms with Gasteiger partial charge >= 0.3 is 6.18 Å². The maximum absolute atomic E-state index is 14.4. The summed E-state index contributed by atoms with van der Waals surface area (Å²) in [4.78, 5) is 17.8. The van der Waals surface area contributed by atoms with Crippen molar-refractivity contribution in [2.24, 2.45) is 5.16 Å². The van der Waals surface area contributed by atoms with Gasteiger partial charge in [-0.25, -0.2) is 0 Å². The van der Waals surface area contributed by atoms with E-state index in [0.29, 0.717) is 38.7 Å². The Morgan fingerprint density at radius 2 is 1.74 bits per heavy atom. The molecular formula is C25H21ClF3N3O2. The zero-order chi connectivity index (χ0) is 24.7. The van der Waals surface area contributed by atoms with Crippen LogP contribution in [-0.4, -0.2) is 17.8 Å². The van der Waals surface area contributed by atoms with Crippen LogP contribution < -0.4 is 11.1 Å². The number of hydrogen-bond donors (Lipinski definition) is 2. The monoisotopic (exact) mass is 487 g/mol. The van der Waals surface area contributed by atoms with E-state index in [1.54, 1.807) is 56.3 Å². The molecule has 0 aliphatic carbocycles. The summed E-state index contributed by atoms with van der Waals surface area (Å²) in [7, 11) is 0. The van der Waals surface area contributed by atoms with Crippen molar-refractivity contribution in [3.8, 4) is 0 Å². The van der Waals surface area contributed by atoms with E-state index >= 15 is 0 Å². The molecule has 0 aromatic heterocycles. The number of carbonyl (C=O) groups is 1. The summed E-state index contributed by atoms with van der Waals surface area (Å²) >= 11 is 5.89. The highest BCUT2D eigenvalue weighted by molar-refractivity contribution is 6.30. The maximum Gasteiger partial charge on any atom is 0.435 e. The number of nitrogen functional groups attached to an aromatic ring is 1. The second-order valence-corrected chi connectivity index (χ2v) is 8.64. The first-order valence-electron chi connectivity index (χ1n) is 10.4. The van der Waals surface area contributed by atoms with Crippen molar-refractivity contribution < 1.29 is 22.8 Å². The fraction of sp³-hybridized carbons (Fsp3) is 0.200. The highest BCUT2D eigenvalue weighted by Gasteiger charge is 2.62. The molecule has 176 valence electrons. The van der Waals surface area contributed by atoms with Crippen molar-refractivity contribution in [3.63, 3.8) is 0 Å². The molecule has 9 heteroatoms. The number of anilines is 2. The van der Waals surface area contributed by atoms with Gasteiger partial charge in [0.25, 0.3) is 11.5 Å². The van der Waals surface area contributed by atoms with Crippen LogP contribution in [0.2, 0.25) is 5.02 Å². The minimum atomic E-state index is -4.74. The Bertz CT molecular complexity index is 1270. The molecule has 3 N–H and O–H groups in total. The number of nitrogens with one attached hydrogen (secondary N) is 1. The number of hydrogen-bond acceptors (Lipinski definition) is 4. The van der Waals surface area contributed by atoms with Crippen molar-refractivity contribution in [2.75, 3.05) is 11.1 Å². The fourth-order valence-corrected chi connectivity index (χ4v) is 4.09. The number of nitrogens with two attached hydrogens (primary N) is 1. The summed E-state index contributed by atoms with van der Waals surface area (Å²) in [6.45, 7) is 3.26. The third-order valence-corrected chi connectivity index (χ3v) is 6.00. The zero-order valence-corrected chi connectivity index (χ0v) is 19.1. The van der Waals surface area contributed by atoms with Gasteiger partial charge in [0.05, 0.1) is 5.71 Å². The lowest BCUT2D eigenvalue weighted by atomic mass is 9.84. The number of amides is 1. The number of halogens is 4. The number of aryl methyl sites for hydroxylation is 2. The zero-order valence-electron chi connectivity index (χ0n) is 18.3. The minimum absolute atomic E-state index is 0.0929. The van der Waals surface area contributed by atoms with Crippen molar-refractivity contribution >= 4 is 34.6 Å². The molecule has 1 heterocycles. The van der Waals surface area contributed by atoms with E-state index in [9.17, 15) is 18.0 Å². The molecule has 1 amide bonds. The summed E-state index contributed by atoms with van der Waals surface area (Å²) in [5, 5.41) is 7.02. The van der Waals surface area contributed by atoms with Crippen LogP contribution in [-0.2, 0) is 10.4 Å². The number of nitrogens with zero attached hydrogens (tertiary/aromatic N) is 1. The average molecular weight is 488 g/mol. The Kier molecular flexibility index (Phi) is 6.03. The van der Waals surface area contributed by atoms with Crippen LogP contribution in [0, 0.1) is 13.8 Å². The highest BCUT2D eigenvalue weighted by atomic mass is 35.5. The smallest absolute Gasteiger partial charge is 0.399 e. The summed E-state index contributed by atoms with van der Waals surface area (Å²) in [6.07, 6.45) is -5.23. The second kappa shape index (κ2) is 8.68. The standard InChI is InChI=1S/C25H21ClF3N3O2/c1-14-10-18(11-15(2)22(14)31-23(33)17-4-3-5-20(30)12-17)24(25(27,28)29)13-21(32-34-24)16-6-8-19(26)9-7-16/h3-12H,13,30H2,1-2H3,(H,31,33). The Balaban J connectivity index is 1.67. The molecule has 0 fully saturated rings. The minimum Gasteiger partial charge on any atom is -0.399 e. The maximum atomic E-state index is 14.4. The summed E-state index contributed by atoms with van der Waals surface area (Å²) in [6, 6.07) is 15.5. The molecule has 0 radical (unpaired) electrons. The predicted octanol–water partition coefficient (Wildman–Crippen LogP) is 6.37. The van der Waals surface area contributed by atoms with E-state index in [-0.39, 0.29) is 11.3 Å². The van der Waals surface area contributed by atoms with E-state index in [1.807, 2.05) is 0 Å². The predicted molar refractivity (Wildman–Crippen MR) is 126 cm³/mol. The van der Waals surface area contributed by atoms with Crippen LogP contribution in [0.4, 0.5) is 24.5 Å². The van der Waals surface area contributed by atoms with E-state index in [1.165, 1.54) is 18.2 Å². The number of carbonyl (C=O) groups excluding carboxylic acids is 1. The molecule has 34 heavy (non-hydrogen) atoms. The topological polar surface area (TPSA) is 76.7 Å². The Morgan fingerprint density at radius 3 is 2.32 bits per heavy atom.